The number of amides is 1. The molecule has 0 aliphatic carbocycles. The van der Waals surface area contributed by atoms with Crippen LogP contribution >= 0.6 is 11.0 Å². The molecule has 0 saturated carbocycles. The summed E-state index contributed by atoms with van der Waals surface area (Å²) in [6.07, 6.45) is 0. The summed E-state index contributed by atoms with van der Waals surface area (Å²) in [5.74, 6) is -0.562. The van der Waals surface area contributed by atoms with Crippen molar-refractivity contribution in [1.82, 2.24) is 4.72 Å². The summed E-state index contributed by atoms with van der Waals surface area (Å²) in [4.78, 5) is 9.97. The summed E-state index contributed by atoms with van der Waals surface area (Å²) < 4.78 is 18.3. The fourth-order valence-corrected chi connectivity index (χ4v) is 0.635. The van der Waals surface area contributed by atoms with Crippen LogP contribution in [-0.4, -0.2) is 15.0 Å². The molecule has 0 rings (SSSR count). The third-order valence-electron chi connectivity index (χ3n) is 0.294. The van der Waals surface area contributed by atoms with Gasteiger partial charge in [0, 0.05) is 6.92 Å². The number of nitrogens with one attached hydrogen (secondary N) is 1. The van der Waals surface area contributed by atoms with E-state index in [-0.39, 0.29) is 0 Å². The third kappa shape index (κ3) is 15.6. The van der Waals surface area contributed by atoms with E-state index in [1.54, 1.807) is 4.72 Å². The van der Waals surface area contributed by atoms with Gasteiger partial charge in [-0.15, -0.1) is 0 Å². The number of carbonyl (C=O) groups excluding carboxylic acids is 1. The Labute approximate surface area is 62.2 Å². The van der Waals surface area contributed by atoms with Gasteiger partial charge in [-0.05, 0) is 0 Å². The molecule has 0 bridgehead atoms. The zero-order valence-electron chi connectivity index (χ0n) is 6.29. The molecule has 0 spiro atoms. The number of rotatable bonds is 1. The first-order chi connectivity index (χ1) is 4.42. The molecule has 0 radical (unpaired) electrons. The summed E-state index contributed by atoms with van der Waals surface area (Å²) in [5, 5.41) is 4.60. The lowest BCUT2D eigenvalue weighted by Gasteiger charge is -2.25. The van der Waals surface area contributed by atoms with Crippen molar-refractivity contribution in [3.8, 4) is 0 Å². The fourth-order valence-electron chi connectivity index (χ4n) is 0.212. The molecule has 5 nitrogen and oxygen atoms in total. The average Bonchev–Trinajstić information content (AvgIpc) is 1.64. The van der Waals surface area contributed by atoms with Gasteiger partial charge in [0.2, 0.25) is 5.91 Å². The van der Waals surface area contributed by atoms with Crippen LogP contribution in [0.5, 0.6) is 0 Å². The van der Waals surface area contributed by atoms with Gasteiger partial charge in [-0.1, -0.05) is 24.8 Å². The maximum atomic E-state index is 9.97. The Hall–Kier alpha value is -0.300. The second-order valence-corrected chi connectivity index (χ2v) is 2.64. The SMILES string of the molecule is CC.CC(=O)NS(N)(O)O. The van der Waals surface area contributed by atoms with Gasteiger partial charge in [0.25, 0.3) is 0 Å². The second-order valence-electron chi connectivity index (χ2n) is 1.25. The molecule has 0 aliphatic heterocycles. The number of hydrogen-bond acceptors (Lipinski definition) is 4. The monoisotopic (exact) mass is 170 g/mol. The Balaban J connectivity index is 0. The van der Waals surface area contributed by atoms with E-state index in [0.29, 0.717) is 0 Å². The van der Waals surface area contributed by atoms with E-state index in [9.17, 15) is 4.79 Å². The van der Waals surface area contributed by atoms with Crippen LogP contribution in [0.1, 0.15) is 20.8 Å². The molecule has 0 saturated heterocycles. The van der Waals surface area contributed by atoms with Crippen molar-refractivity contribution < 1.29 is 13.9 Å². The van der Waals surface area contributed by atoms with E-state index in [4.69, 9.17) is 9.11 Å². The second kappa shape index (κ2) is 5.48. The normalized spacial score (nSPS) is 11.0. The van der Waals surface area contributed by atoms with Crippen molar-refractivity contribution in [1.29, 1.82) is 0 Å². The first kappa shape index (κ1) is 12.4. The van der Waals surface area contributed by atoms with Crippen molar-refractivity contribution in [2.75, 3.05) is 0 Å². The highest BCUT2D eigenvalue weighted by Gasteiger charge is 2.02. The average molecular weight is 170 g/mol. The molecule has 0 heterocycles. The summed E-state index contributed by atoms with van der Waals surface area (Å²) in [6, 6.07) is 0. The van der Waals surface area contributed by atoms with Gasteiger partial charge < -0.3 is 0 Å². The minimum atomic E-state index is -3.32. The molecule has 6 heteroatoms. The van der Waals surface area contributed by atoms with Gasteiger partial charge in [0.15, 0.2) is 0 Å². The Morgan fingerprint density at radius 3 is 1.80 bits per heavy atom. The van der Waals surface area contributed by atoms with Crippen molar-refractivity contribution in [3.05, 3.63) is 0 Å². The molecular weight excluding hydrogens is 156 g/mol. The Kier molecular flexibility index (Phi) is 6.79. The molecule has 1 amide bonds. The molecular formula is C4H14N2O3S. The third-order valence-corrected chi connectivity index (χ3v) is 0.882. The predicted molar refractivity (Wildman–Crippen MR) is 42.2 cm³/mol. The topological polar surface area (TPSA) is 95.6 Å². The highest BCUT2D eigenvalue weighted by Crippen LogP contribution is 2.20. The molecule has 0 aromatic heterocycles. The maximum Gasteiger partial charge on any atom is 0.235 e. The minimum Gasteiger partial charge on any atom is -0.274 e. The number of carbonyl (C=O) groups is 1. The van der Waals surface area contributed by atoms with Gasteiger partial charge >= 0.3 is 0 Å². The summed E-state index contributed by atoms with van der Waals surface area (Å²) in [6.45, 7) is 5.14. The van der Waals surface area contributed by atoms with Crippen LogP contribution in [-0.2, 0) is 4.79 Å². The molecule has 5 N–H and O–H groups in total. The molecule has 64 valence electrons. The highest BCUT2D eigenvalue weighted by molar-refractivity contribution is 8.21. The lowest BCUT2D eigenvalue weighted by atomic mass is 10.8. The standard InChI is InChI=1S/C2H8N2O3S.C2H6/c1-2(5)4-8(3,6)7;1-2/h6-7H,3H2,1H3,(H,4,5);1-2H3. The Morgan fingerprint density at radius 2 is 1.80 bits per heavy atom. The van der Waals surface area contributed by atoms with Crippen LogP contribution < -0.4 is 9.86 Å². The van der Waals surface area contributed by atoms with Crippen molar-refractivity contribution in [2.24, 2.45) is 5.14 Å². The van der Waals surface area contributed by atoms with Gasteiger partial charge in [0.05, 0.1) is 0 Å². The van der Waals surface area contributed by atoms with Crippen LogP contribution in [0.25, 0.3) is 0 Å². The first-order valence-corrected chi connectivity index (χ1v) is 4.37. The largest absolute Gasteiger partial charge is 0.274 e. The Bertz CT molecular complexity index is 101. The van der Waals surface area contributed by atoms with Gasteiger partial charge in [0.1, 0.15) is 0 Å². The molecule has 0 unspecified atom stereocenters. The van der Waals surface area contributed by atoms with Crippen LogP contribution in [0.2, 0.25) is 0 Å². The van der Waals surface area contributed by atoms with Gasteiger partial charge in [-0.2, -0.15) is 0 Å². The van der Waals surface area contributed by atoms with Crippen molar-refractivity contribution in [3.63, 3.8) is 0 Å². The number of nitrogens with two attached hydrogens (primary N) is 1. The fraction of sp³-hybridized carbons (Fsp3) is 0.750. The predicted octanol–water partition coefficient (Wildman–Crippen LogP) is 0.688. The van der Waals surface area contributed by atoms with E-state index in [1.807, 2.05) is 13.8 Å². The first-order valence-electron chi connectivity index (χ1n) is 2.76. The van der Waals surface area contributed by atoms with Crippen LogP contribution in [0.4, 0.5) is 0 Å². The lowest BCUT2D eigenvalue weighted by molar-refractivity contribution is -0.117. The minimum absolute atomic E-state index is 0.562. The van der Waals surface area contributed by atoms with E-state index in [2.05, 4.69) is 5.14 Å². The van der Waals surface area contributed by atoms with Gasteiger partial charge in [-0.25, -0.2) is 9.86 Å². The molecule has 0 atom stereocenters. The highest BCUT2D eigenvalue weighted by atomic mass is 32.3. The summed E-state index contributed by atoms with van der Waals surface area (Å²) in [5.41, 5.74) is 0. The summed E-state index contributed by atoms with van der Waals surface area (Å²) >= 11 is 0. The quantitative estimate of drug-likeness (QED) is 0.465. The molecule has 0 aromatic rings. The Morgan fingerprint density at radius 1 is 1.50 bits per heavy atom. The molecule has 0 aliphatic rings. The zero-order chi connectivity index (χ0) is 8.78. The van der Waals surface area contributed by atoms with E-state index < -0.39 is 16.9 Å². The van der Waals surface area contributed by atoms with Crippen LogP contribution in [0.15, 0.2) is 0 Å². The zero-order valence-corrected chi connectivity index (χ0v) is 7.10. The lowest BCUT2D eigenvalue weighted by Crippen LogP contribution is -2.29. The molecule has 0 aromatic carbocycles. The molecule has 0 fully saturated rings. The van der Waals surface area contributed by atoms with E-state index in [0.717, 1.165) is 6.92 Å². The van der Waals surface area contributed by atoms with Gasteiger partial charge in [-0.3, -0.25) is 13.9 Å². The smallest absolute Gasteiger partial charge is 0.235 e. The maximum absolute atomic E-state index is 9.97. The van der Waals surface area contributed by atoms with Crippen LogP contribution in [0.3, 0.4) is 0 Å². The van der Waals surface area contributed by atoms with Crippen molar-refractivity contribution >= 4 is 16.9 Å². The van der Waals surface area contributed by atoms with E-state index >= 15 is 0 Å². The van der Waals surface area contributed by atoms with E-state index in [1.165, 1.54) is 0 Å². The van der Waals surface area contributed by atoms with Crippen molar-refractivity contribution in [2.45, 2.75) is 20.8 Å². The molecule has 10 heavy (non-hydrogen) atoms. The van der Waals surface area contributed by atoms with Crippen LogP contribution in [0, 0.1) is 0 Å². The number of hydrogen-bond donors (Lipinski definition) is 4. The summed E-state index contributed by atoms with van der Waals surface area (Å²) in [7, 11) is -3.32.